The Hall–Kier alpha value is -2.53. The van der Waals surface area contributed by atoms with Gasteiger partial charge >= 0.3 is 0 Å². The quantitative estimate of drug-likeness (QED) is 0.606. The van der Waals surface area contributed by atoms with Gasteiger partial charge in [0.1, 0.15) is 0 Å². The molecule has 0 saturated carbocycles. The van der Waals surface area contributed by atoms with E-state index in [-0.39, 0.29) is 0 Å². The lowest BCUT2D eigenvalue weighted by Crippen LogP contribution is -1.94. The maximum Gasteiger partial charge on any atom is 0.187 e. The van der Waals surface area contributed by atoms with E-state index in [1.165, 1.54) is 4.88 Å². The second-order valence-corrected chi connectivity index (χ2v) is 6.69. The third kappa shape index (κ3) is 3.94. The van der Waals surface area contributed by atoms with Gasteiger partial charge < -0.3 is 14.8 Å². The zero-order valence-corrected chi connectivity index (χ0v) is 15.5. The molecule has 0 amide bonds. The zero-order valence-electron chi connectivity index (χ0n) is 14.7. The van der Waals surface area contributed by atoms with E-state index in [1.54, 1.807) is 25.6 Å². The van der Waals surface area contributed by atoms with Gasteiger partial charge in [-0.05, 0) is 18.6 Å². The number of thiazole rings is 1. The second kappa shape index (κ2) is 8.03. The summed E-state index contributed by atoms with van der Waals surface area (Å²) in [5.74, 6) is 1.41. The van der Waals surface area contributed by atoms with Crippen molar-refractivity contribution in [3.63, 3.8) is 0 Å². The molecule has 2 aromatic carbocycles. The van der Waals surface area contributed by atoms with Gasteiger partial charge in [-0.1, -0.05) is 43.7 Å². The van der Waals surface area contributed by atoms with Crippen LogP contribution in [0.4, 0.5) is 10.8 Å². The lowest BCUT2D eigenvalue weighted by molar-refractivity contribution is 0.355. The number of hydrogen-bond acceptors (Lipinski definition) is 5. The van der Waals surface area contributed by atoms with Crippen molar-refractivity contribution < 1.29 is 9.47 Å². The standard InChI is InChI=1S/C20H22N2O2S/c1-4-8-18-19(14-9-6-5-7-10-14)22-20(25-18)21-15-11-12-16(23-2)17(13-15)24-3/h5-7,9-13H,4,8H2,1-3H3,(H,21,22). The molecule has 0 radical (unpaired) electrons. The monoisotopic (exact) mass is 354 g/mol. The molecule has 0 saturated heterocycles. The van der Waals surface area contributed by atoms with Crippen molar-refractivity contribution in [2.75, 3.05) is 19.5 Å². The number of ether oxygens (including phenoxy) is 2. The van der Waals surface area contributed by atoms with Crippen molar-refractivity contribution >= 4 is 22.2 Å². The van der Waals surface area contributed by atoms with E-state index in [1.807, 2.05) is 36.4 Å². The zero-order chi connectivity index (χ0) is 17.6. The molecular formula is C20H22N2O2S. The first kappa shape index (κ1) is 17.3. The third-order valence-electron chi connectivity index (χ3n) is 3.86. The largest absolute Gasteiger partial charge is 0.493 e. The van der Waals surface area contributed by atoms with Gasteiger partial charge in [-0.2, -0.15) is 0 Å². The topological polar surface area (TPSA) is 43.4 Å². The highest BCUT2D eigenvalue weighted by Crippen LogP contribution is 2.35. The molecule has 0 bridgehead atoms. The third-order valence-corrected chi connectivity index (χ3v) is 4.89. The minimum Gasteiger partial charge on any atom is -0.493 e. The average molecular weight is 354 g/mol. The number of anilines is 2. The van der Waals surface area contributed by atoms with Crippen LogP contribution in [0, 0.1) is 0 Å². The fourth-order valence-electron chi connectivity index (χ4n) is 2.66. The van der Waals surface area contributed by atoms with Gasteiger partial charge in [-0.3, -0.25) is 0 Å². The summed E-state index contributed by atoms with van der Waals surface area (Å²) in [6, 6.07) is 16.1. The van der Waals surface area contributed by atoms with Gasteiger partial charge in [-0.25, -0.2) is 4.98 Å². The molecule has 1 heterocycles. The van der Waals surface area contributed by atoms with Crippen molar-refractivity contribution in [2.24, 2.45) is 0 Å². The summed E-state index contributed by atoms with van der Waals surface area (Å²) < 4.78 is 10.7. The summed E-state index contributed by atoms with van der Waals surface area (Å²) in [6.07, 6.45) is 2.12. The Labute approximate surface area is 152 Å². The number of nitrogens with zero attached hydrogens (tertiary/aromatic N) is 1. The normalized spacial score (nSPS) is 10.5. The summed E-state index contributed by atoms with van der Waals surface area (Å²) in [4.78, 5) is 6.13. The molecule has 0 aliphatic carbocycles. The lowest BCUT2D eigenvalue weighted by Gasteiger charge is -2.09. The SMILES string of the molecule is CCCc1sc(Nc2ccc(OC)c(OC)c2)nc1-c1ccccc1. The van der Waals surface area contributed by atoms with Gasteiger partial charge in [0.15, 0.2) is 16.6 Å². The van der Waals surface area contributed by atoms with E-state index >= 15 is 0 Å². The van der Waals surface area contributed by atoms with Crippen LogP contribution in [0.3, 0.4) is 0 Å². The van der Waals surface area contributed by atoms with Gasteiger partial charge in [-0.15, -0.1) is 11.3 Å². The average Bonchev–Trinajstić information content (AvgIpc) is 3.05. The maximum absolute atomic E-state index is 5.37. The molecule has 130 valence electrons. The molecule has 0 fully saturated rings. The Morgan fingerprint density at radius 1 is 1.00 bits per heavy atom. The summed E-state index contributed by atoms with van der Waals surface area (Å²) in [7, 11) is 3.27. The van der Waals surface area contributed by atoms with Gasteiger partial charge in [0.25, 0.3) is 0 Å². The molecule has 25 heavy (non-hydrogen) atoms. The fraction of sp³-hybridized carbons (Fsp3) is 0.250. The van der Waals surface area contributed by atoms with Crippen molar-refractivity contribution in [1.29, 1.82) is 0 Å². The number of methoxy groups -OCH3 is 2. The van der Waals surface area contributed by atoms with Gasteiger partial charge in [0, 0.05) is 22.2 Å². The number of hydrogen-bond donors (Lipinski definition) is 1. The molecule has 0 spiro atoms. The molecular weight excluding hydrogens is 332 g/mol. The van der Waals surface area contributed by atoms with E-state index in [9.17, 15) is 0 Å². The van der Waals surface area contributed by atoms with Crippen LogP contribution >= 0.6 is 11.3 Å². The van der Waals surface area contributed by atoms with Crippen LogP contribution in [0.1, 0.15) is 18.2 Å². The Morgan fingerprint density at radius 3 is 2.44 bits per heavy atom. The molecule has 3 aromatic rings. The highest BCUT2D eigenvalue weighted by atomic mass is 32.1. The van der Waals surface area contributed by atoms with Crippen molar-refractivity contribution in [1.82, 2.24) is 4.98 Å². The minimum atomic E-state index is 0.695. The van der Waals surface area contributed by atoms with Crippen LogP contribution in [-0.2, 0) is 6.42 Å². The highest BCUT2D eigenvalue weighted by Gasteiger charge is 2.13. The number of aromatic nitrogens is 1. The summed E-state index contributed by atoms with van der Waals surface area (Å²) in [5, 5.41) is 4.27. The molecule has 0 aliphatic rings. The first-order valence-corrected chi connectivity index (χ1v) is 9.11. The Bertz CT molecular complexity index is 831. The predicted molar refractivity (Wildman–Crippen MR) is 104 cm³/mol. The molecule has 1 N–H and O–H groups in total. The minimum absolute atomic E-state index is 0.695. The van der Waals surface area contributed by atoms with Gasteiger partial charge in [0.2, 0.25) is 0 Å². The second-order valence-electron chi connectivity index (χ2n) is 5.60. The molecule has 0 atom stereocenters. The number of nitrogens with one attached hydrogen (secondary N) is 1. The van der Waals surface area contributed by atoms with Crippen LogP contribution < -0.4 is 14.8 Å². The van der Waals surface area contributed by atoms with Crippen LogP contribution in [0.2, 0.25) is 0 Å². The Balaban J connectivity index is 1.91. The number of aryl methyl sites for hydroxylation is 1. The molecule has 1 aromatic heterocycles. The molecule has 0 unspecified atom stereocenters. The van der Waals surface area contributed by atoms with Crippen LogP contribution in [0.15, 0.2) is 48.5 Å². The fourth-order valence-corrected chi connectivity index (χ4v) is 3.77. The van der Waals surface area contributed by atoms with E-state index in [4.69, 9.17) is 14.5 Å². The smallest absolute Gasteiger partial charge is 0.187 e. The van der Waals surface area contributed by atoms with Crippen molar-refractivity contribution in [3.8, 4) is 22.8 Å². The van der Waals surface area contributed by atoms with E-state index in [0.717, 1.165) is 34.9 Å². The molecule has 0 aliphatic heterocycles. The number of benzene rings is 2. The molecule has 4 nitrogen and oxygen atoms in total. The van der Waals surface area contributed by atoms with Crippen LogP contribution in [-0.4, -0.2) is 19.2 Å². The molecule has 5 heteroatoms. The summed E-state index contributed by atoms with van der Waals surface area (Å²) in [5.41, 5.74) is 3.15. The van der Waals surface area contributed by atoms with Gasteiger partial charge in [0.05, 0.1) is 19.9 Å². The lowest BCUT2D eigenvalue weighted by atomic mass is 10.1. The van der Waals surface area contributed by atoms with E-state index < -0.39 is 0 Å². The van der Waals surface area contributed by atoms with E-state index in [2.05, 4.69) is 24.4 Å². The Morgan fingerprint density at radius 2 is 1.76 bits per heavy atom. The Kier molecular flexibility index (Phi) is 5.56. The summed E-state index contributed by atoms with van der Waals surface area (Å²) >= 11 is 1.70. The molecule has 3 rings (SSSR count). The first-order valence-electron chi connectivity index (χ1n) is 8.29. The maximum atomic E-state index is 5.37. The van der Waals surface area contributed by atoms with Crippen LogP contribution in [0.5, 0.6) is 11.5 Å². The first-order chi connectivity index (χ1) is 12.2. The van der Waals surface area contributed by atoms with E-state index in [0.29, 0.717) is 11.5 Å². The predicted octanol–water partition coefficient (Wildman–Crippen LogP) is 5.52. The number of rotatable bonds is 7. The van der Waals surface area contributed by atoms with Crippen molar-refractivity contribution in [2.45, 2.75) is 19.8 Å². The highest BCUT2D eigenvalue weighted by molar-refractivity contribution is 7.16. The summed E-state index contributed by atoms with van der Waals surface area (Å²) in [6.45, 7) is 2.19. The van der Waals surface area contributed by atoms with Crippen molar-refractivity contribution in [3.05, 3.63) is 53.4 Å². The van der Waals surface area contributed by atoms with Crippen LogP contribution in [0.25, 0.3) is 11.3 Å².